The lowest BCUT2D eigenvalue weighted by Gasteiger charge is -2.15. The van der Waals surface area contributed by atoms with Crippen molar-refractivity contribution in [2.45, 2.75) is 0 Å². The van der Waals surface area contributed by atoms with E-state index in [1.54, 1.807) is 30.3 Å². The van der Waals surface area contributed by atoms with Crippen LogP contribution in [0, 0.1) is 0 Å². The van der Waals surface area contributed by atoms with Gasteiger partial charge in [-0.2, -0.15) is 0 Å². The predicted octanol–water partition coefficient (Wildman–Crippen LogP) is 3.36. The topological polar surface area (TPSA) is 79.2 Å². The summed E-state index contributed by atoms with van der Waals surface area (Å²) in [6.07, 6.45) is 0. The van der Waals surface area contributed by atoms with Gasteiger partial charge in [0.05, 0.1) is 34.1 Å². The molecule has 0 atom stereocenters. The van der Waals surface area contributed by atoms with Crippen LogP contribution in [0.1, 0.15) is 0 Å². The average molecular weight is 394 g/mol. The van der Waals surface area contributed by atoms with Gasteiger partial charge >= 0.3 is 0 Å². The summed E-state index contributed by atoms with van der Waals surface area (Å²) in [5.74, 6) is 2.01. The minimum Gasteiger partial charge on any atom is -0.493 e. The largest absolute Gasteiger partial charge is 0.493 e. The van der Waals surface area contributed by atoms with Crippen LogP contribution in [-0.4, -0.2) is 38.4 Å². The summed E-state index contributed by atoms with van der Waals surface area (Å²) in [6, 6.07) is 9.88. The molecule has 0 spiro atoms. The highest BCUT2D eigenvalue weighted by Crippen LogP contribution is 2.38. The Labute approximate surface area is 162 Å². The third kappa shape index (κ3) is 3.46. The van der Waals surface area contributed by atoms with Crippen molar-refractivity contribution in [2.24, 2.45) is 0 Å². The zero-order valence-electron chi connectivity index (χ0n) is 15.3. The quantitative estimate of drug-likeness (QED) is 0.669. The number of pyridine rings is 1. The van der Waals surface area contributed by atoms with E-state index < -0.39 is 5.56 Å². The number of halogens is 1. The van der Waals surface area contributed by atoms with E-state index in [1.807, 2.05) is 0 Å². The number of ether oxygens (including phenoxy) is 4. The second kappa shape index (κ2) is 8.09. The first-order valence-electron chi connectivity index (χ1n) is 7.77. The summed E-state index contributed by atoms with van der Waals surface area (Å²) in [5, 5.41) is 11.6. The van der Waals surface area contributed by atoms with Crippen LogP contribution < -0.4 is 24.5 Å². The van der Waals surface area contributed by atoms with Crippen LogP contribution in [0.15, 0.2) is 41.2 Å². The van der Waals surface area contributed by atoms with Crippen molar-refractivity contribution in [2.75, 3.05) is 28.4 Å². The summed E-state index contributed by atoms with van der Waals surface area (Å²) in [6.45, 7) is 0. The molecule has 0 aliphatic rings. The fourth-order valence-corrected chi connectivity index (χ4v) is 2.90. The summed E-state index contributed by atoms with van der Waals surface area (Å²) < 4.78 is 21.8. The van der Waals surface area contributed by atoms with Crippen molar-refractivity contribution >= 4 is 23.2 Å². The van der Waals surface area contributed by atoms with Crippen molar-refractivity contribution in [1.82, 2.24) is 4.73 Å². The molecular formula is C19H20ClNO6. The minimum absolute atomic E-state index is 0. The Morgan fingerprint density at radius 1 is 0.778 bits per heavy atom. The molecule has 7 nitrogen and oxygen atoms in total. The Morgan fingerprint density at radius 2 is 1.33 bits per heavy atom. The van der Waals surface area contributed by atoms with E-state index in [4.69, 9.17) is 18.9 Å². The molecule has 144 valence electrons. The smallest absolute Gasteiger partial charge is 0.284 e. The van der Waals surface area contributed by atoms with E-state index in [2.05, 4.69) is 0 Å². The maximum absolute atomic E-state index is 12.2. The van der Waals surface area contributed by atoms with Crippen LogP contribution in [0.5, 0.6) is 23.0 Å². The lowest BCUT2D eigenvalue weighted by molar-refractivity contribution is 0.181. The molecule has 0 radical (unpaired) electrons. The monoisotopic (exact) mass is 393 g/mol. The predicted molar refractivity (Wildman–Crippen MR) is 104 cm³/mol. The third-order valence-electron chi connectivity index (χ3n) is 4.17. The number of hydrogen-bond acceptors (Lipinski definition) is 6. The van der Waals surface area contributed by atoms with Gasteiger partial charge < -0.3 is 24.2 Å². The number of methoxy groups -OCH3 is 4. The fourth-order valence-electron chi connectivity index (χ4n) is 2.90. The Hall–Kier alpha value is -3.06. The average Bonchev–Trinajstić information content (AvgIpc) is 2.67. The molecule has 3 rings (SSSR count). The number of aromatic nitrogens is 1. The van der Waals surface area contributed by atoms with E-state index in [0.717, 1.165) is 0 Å². The van der Waals surface area contributed by atoms with Crippen molar-refractivity contribution in [3.63, 3.8) is 0 Å². The highest BCUT2D eigenvalue weighted by Gasteiger charge is 2.17. The molecule has 2 aromatic carbocycles. The molecule has 1 heterocycles. The Bertz CT molecular complexity index is 1030. The van der Waals surface area contributed by atoms with Crippen LogP contribution in [0.2, 0.25) is 0 Å². The van der Waals surface area contributed by atoms with Gasteiger partial charge in [-0.3, -0.25) is 4.79 Å². The minimum atomic E-state index is -0.561. The first kappa shape index (κ1) is 20.3. The summed E-state index contributed by atoms with van der Waals surface area (Å²) in [7, 11) is 6.10. The van der Waals surface area contributed by atoms with Gasteiger partial charge in [-0.25, -0.2) is 0 Å². The van der Waals surface area contributed by atoms with Crippen molar-refractivity contribution in [3.05, 3.63) is 46.8 Å². The Morgan fingerprint density at radius 3 is 1.93 bits per heavy atom. The first-order chi connectivity index (χ1) is 12.5. The molecule has 0 amide bonds. The molecule has 1 N–H and O–H groups in total. The number of nitrogens with zero attached hydrogens (tertiary/aromatic N) is 1. The zero-order chi connectivity index (χ0) is 18.8. The summed E-state index contributed by atoms with van der Waals surface area (Å²) >= 11 is 0. The zero-order valence-corrected chi connectivity index (χ0v) is 16.1. The molecule has 0 fully saturated rings. The molecule has 0 unspecified atom stereocenters. The van der Waals surface area contributed by atoms with Crippen molar-refractivity contribution in [1.29, 1.82) is 0 Å². The van der Waals surface area contributed by atoms with Crippen molar-refractivity contribution in [3.8, 4) is 34.3 Å². The number of fused-ring (bicyclic) bond motifs is 1. The lowest BCUT2D eigenvalue weighted by atomic mass is 10.0. The molecule has 0 aliphatic heterocycles. The van der Waals surface area contributed by atoms with Gasteiger partial charge in [-0.05, 0) is 35.7 Å². The molecule has 0 saturated heterocycles. The van der Waals surface area contributed by atoms with E-state index in [-0.39, 0.29) is 12.4 Å². The molecule has 0 bridgehead atoms. The van der Waals surface area contributed by atoms with Crippen LogP contribution in [-0.2, 0) is 0 Å². The van der Waals surface area contributed by atoms with Gasteiger partial charge in [-0.15, -0.1) is 17.1 Å². The van der Waals surface area contributed by atoms with E-state index >= 15 is 0 Å². The number of hydrogen-bond donors (Lipinski definition) is 1. The number of benzene rings is 2. The normalized spacial score (nSPS) is 10.2. The molecule has 0 aliphatic carbocycles. The van der Waals surface area contributed by atoms with Gasteiger partial charge in [0.2, 0.25) is 0 Å². The van der Waals surface area contributed by atoms with Crippen LogP contribution in [0.25, 0.3) is 22.0 Å². The highest BCUT2D eigenvalue weighted by atomic mass is 35.5. The second-order valence-corrected chi connectivity index (χ2v) is 5.51. The van der Waals surface area contributed by atoms with E-state index in [1.165, 1.54) is 34.5 Å². The van der Waals surface area contributed by atoms with Crippen molar-refractivity contribution < 1.29 is 24.2 Å². The van der Waals surface area contributed by atoms with Gasteiger partial charge in [0.15, 0.2) is 23.0 Å². The maximum atomic E-state index is 12.2. The third-order valence-corrected chi connectivity index (χ3v) is 4.17. The first-order valence-corrected chi connectivity index (χ1v) is 7.77. The van der Waals surface area contributed by atoms with Gasteiger partial charge in [0.25, 0.3) is 5.56 Å². The Kier molecular flexibility index (Phi) is 6.07. The van der Waals surface area contributed by atoms with E-state index in [9.17, 15) is 10.0 Å². The lowest BCUT2D eigenvalue weighted by Crippen LogP contribution is -2.18. The van der Waals surface area contributed by atoms with E-state index in [0.29, 0.717) is 49.8 Å². The van der Waals surface area contributed by atoms with Gasteiger partial charge in [-0.1, -0.05) is 0 Å². The standard InChI is InChI=1S/C19H19NO6.ClH/c1-23-14-6-5-11(7-15(14)24-2)19-13-10-17(26-4)16(25-3)8-12(13)9-18(21)20(19)22;/h5-10,22H,1-4H3;1H. The molecule has 8 heteroatoms. The molecule has 0 saturated carbocycles. The Balaban J connectivity index is 0.00000261. The summed E-state index contributed by atoms with van der Waals surface area (Å²) in [5.41, 5.74) is 0.337. The molecule has 1 aromatic heterocycles. The molecule has 27 heavy (non-hydrogen) atoms. The summed E-state index contributed by atoms with van der Waals surface area (Å²) in [4.78, 5) is 12.2. The van der Waals surface area contributed by atoms with Crippen LogP contribution in [0.3, 0.4) is 0 Å². The second-order valence-electron chi connectivity index (χ2n) is 5.51. The molecular weight excluding hydrogens is 374 g/mol. The van der Waals surface area contributed by atoms with Gasteiger partial charge in [0.1, 0.15) is 0 Å². The number of rotatable bonds is 5. The SMILES string of the molecule is COc1ccc(-c2c3cc(OC)c(OC)cc3cc(=O)n2O)cc1OC.Cl. The highest BCUT2D eigenvalue weighted by molar-refractivity contribution is 5.97. The van der Waals surface area contributed by atoms with Crippen LogP contribution >= 0.6 is 12.4 Å². The van der Waals surface area contributed by atoms with Crippen LogP contribution in [0.4, 0.5) is 0 Å². The maximum Gasteiger partial charge on any atom is 0.284 e. The fraction of sp³-hybridized carbons (Fsp3) is 0.211. The molecule has 3 aromatic rings. The van der Waals surface area contributed by atoms with Gasteiger partial charge in [0, 0.05) is 17.0 Å².